The van der Waals surface area contributed by atoms with Gasteiger partial charge in [-0.1, -0.05) is 96.4 Å². The number of aryl methyl sites for hydroxylation is 1. The maximum absolute atomic E-state index is 14.2. The van der Waals surface area contributed by atoms with Crippen molar-refractivity contribution in [2.24, 2.45) is 39.1 Å². The fourth-order valence-electron chi connectivity index (χ4n) is 11.7. The lowest BCUT2D eigenvalue weighted by Crippen LogP contribution is -2.38. The van der Waals surface area contributed by atoms with Crippen LogP contribution >= 0.6 is 21.6 Å². The first kappa shape index (κ1) is 49.9. The number of hydrogen-bond donors (Lipinski definition) is 6. The minimum Gasteiger partial charge on any atom is -0.875 e. The van der Waals surface area contributed by atoms with Crippen LogP contribution in [0.5, 0.6) is 17.2 Å². The number of fused-ring (bicyclic) bond motifs is 7. The molecule has 2 fully saturated rings. The van der Waals surface area contributed by atoms with Crippen molar-refractivity contribution in [2.45, 2.75) is 140 Å². The third-order valence-corrected chi connectivity index (χ3v) is 17.8. The molecule has 0 spiro atoms. The third-order valence-electron chi connectivity index (χ3n) is 15.3. The highest BCUT2D eigenvalue weighted by Gasteiger charge is 2.59. The van der Waals surface area contributed by atoms with Crippen LogP contribution in [-0.2, 0) is 23.4 Å². The fourth-order valence-corrected chi connectivity index (χ4v) is 14.5. The van der Waals surface area contributed by atoms with Crippen LogP contribution in [0.15, 0.2) is 89.3 Å². The molecule has 0 aromatic heterocycles. The summed E-state index contributed by atoms with van der Waals surface area (Å²) >= 11 is 0. The number of carbonyl (C=O) groups excluding carboxylic acids is 1. The quantitative estimate of drug-likeness (QED) is 0.0518. The highest BCUT2D eigenvalue weighted by molar-refractivity contribution is 8.76. The maximum Gasteiger partial charge on any atom is 0.161 e. The van der Waals surface area contributed by atoms with Crippen molar-refractivity contribution in [3.8, 4) is 29.1 Å². The summed E-state index contributed by atoms with van der Waals surface area (Å²) < 4.78 is 6.18. The van der Waals surface area contributed by atoms with Crippen molar-refractivity contribution >= 4 is 33.1 Å². The molecule has 2 heterocycles. The first-order chi connectivity index (χ1) is 32.8. The number of nitrogens with zero attached hydrogens (tertiary/aromatic N) is 1. The summed E-state index contributed by atoms with van der Waals surface area (Å²) in [5.41, 5.74) is 18.9. The van der Waals surface area contributed by atoms with Crippen molar-refractivity contribution in [3.63, 3.8) is 0 Å². The van der Waals surface area contributed by atoms with Gasteiger partial charge in [-0.15, -0.1) is 5.76 Å². The largest absolute Gasteiger partial charge is 0.875 e. The number of benzene rings is 3. The molecule has 3 aromatic rings. The van der Waals surface area contributed by atoms with Crippen LogP contribution in [0, 0.1) is 34.5 Å². The Labute approximate surface area is 410 Å². The molecule has 0 radical (unpaired) electrons. The van der Waals surface area contributed by atoms with Gasteiger partial charge in [-0.25, -0.2) is 0 Å². The summed E-state index contributed by atoms with van der Waals surface area (Å²) in [7, 11) is 3.44. The minimum absolute atomic E-state index is 0.000771. The Morgan fingerprint density at radius 3 is 2.60 bits per heavy atom. The van der Waals surface area contributed by atoms with Crippen LogP contribution in [0.1, 0.15) is 148 Å². The Morgan fingerprint density at radius 2 is 1.81 bits per heavy atom. The number of aliphatic hydroxyl groups excluding tert-OH is 2. The molecule has 8 N–H and O–H groups in total. The van der Waals surface area contributed by atoms with Gasteiger partial charge in [0.15, 0.2) is 17.3 Å². The number of allylic oxidation sites excluding steroid dienone is 5. The number of hydrogen-bond acceptors (Lipinski definition) is 12. The molecule has 2 aliphatic heterocycles. The van der Waals surface area contributed by atoms with Gasteiger partial charge in [0.25, 0.3) is 0 Å². The van der Waals surface area contributed by atoms with E-state index < -0.39 is 24.3 Å². The van der Waals surface area contributed by atoms with Crippen molar-refractivity contribution in [1.29, 1.82) is 0 Å². The molecule has 362 valence electrons. The average Bonchev–Trinajstić information content (AvgIpc) is 3.87. The van der Waals surface area contributed by atoms with Crippen LogP contribution < -0.4 is 21.3 Å². The maximum atomic E-state index is 14.2. The van der Waals surface area contributed by atoms with E-state index in [0.29, 0.717) is 65.5 Å². The number of ether oxygens (including phenoxy) is 1. The number of unbranched alkanes of at least 4 members (excludes halogenated alkanes) is 2. The van der Waals surface area contributed by atoms with Crippen molar-refractivity contribution < 1.29 is 35.1 Å². The number of carbonyl (C=O) groups is 1. The van der Waals surface area contributed by atoms with Crippen LogP contribution in [0.2, 0.25) is 0 Å². The lowest BCUT2D eigenvalue weighted by atomic mass is 9.60. The van der Waals surface area contributed by atoms with E-state index in [1.54, 1.807) is 58.1 Å². The summed E-state index contributed by atoms with van der Waals surface area (Å²) in [6, 6.07) is 14.6. The Morgan fingerprint density at radius 1 is 1.00 bits per heavy atom. The van der Waals surface area contributed by atoms with Gasteiger partial charge in [0.2, 0.25) is 0 Å². The number of phenols is 2. The summed E-state index contributed by atoms with van der Waals surface area (Å²) in [6.45, 7) is 4.32. The molecule has 3 aliphatic carbocycles. The zero-order chi connectivity index (χ0) is 48.0. The van der Waals surface area contributed by atoms with Crippen LogP contribution in [0.4, 0.5) is 0 Å². The van der Waals surface area contributed by atoms with Crippen molar-refractivity contribution in [1.82, 2.24) is 0 Å². The number of phenolic OH excluding ortho intramolecular Hbond substituents is 2. The molecule has 12 heteroatoms. The topological polar surface area (TPSA) is 195 Å². The molecule has 0 saturated heterocycles. The lowest BCUT2D eigenvalue weighted by molar-refractivity contribution is -0.307. The van der Waals surface area contributed by atoms with Gasteiger partial charge in [0, 0.05) is 53.0 Å². The summed E-state index contributed by atoms with van der Waals surface area (Å²) in [6.07, 6.45) is 16.5. The molecule has 10 nitrogen and oxygen atoms in total. The summed E-state index contributed by atoms with van der Waals surface area (Å²) in [5, 5.41) is 59.4. The molecule has 68 heavy (non-hydrogen) atoms. The van der Waals surface area contributed by atoms with Crippen LogP contribution in [-0.4, -0.2) is 56.5 Å². The number of aromatic hydroxyl groups is 2. The Bertz CT molecular complexity index is 2520. The van der Waals surface area contributed by atoms with Gasteiger partial charge in [-0.2, -0.15) is 0 Å². The number of rotatable bonds is 9. The van der Waals surface area contributed by atoms with Crippen LogP contribution in [0.25, 0.3) is 0 Å². The van der Waals surface area contributed by atoms with E-state index in [2.05, 4.69) is 35.9 Å². The molecule has 5 aliphatic rings. The zero-order valence-electron chi connectivity index (χ0n) is 39.6. The van der Waals surface area contributed by atoms with E-state index in [-0.39, 0.29) is 59.2 Å². The number of aliphatic imine (C=N–C) groups is 1. The number of aliphatic hydroxyl groups is 2. The standard InChI is InChI=1S/C56H69N3O7S2/c1-3-4-5-7-38(24-35(2)60)25-41-16-20-56-33-55(41,31-53(56)65)21-17-42(61)13-10-36-12-15-50(63)52(27-36)66-23-19-37-11-14-49(62)47(26-37)46-30-51(64)43-18-22-59-48(43)9-6-8-39-28-45(54(57)58)40(29-44(39)46)32-67-68-34-56/h11-12,14-15,17-18,21-22,26-29,35,38,41,46,53-54,60,62-65H,3-5,7,9-10,13,16,19-20,23-25,30-34,57-58H2,1-2H3/p-1. The van der Waals surface area contributed by atoms with E-state index in [1.807, 2.05) is 31.2 Å². The summed E-state index contributed by atoms with van der Waals surface area (Å²) in [5.74, 6) is 8.26. The molecule has 2 saturated carbocycles. The van der Waals surface area contributed by atoms with Gasteiger partial charge < -0.3 is 41.7 Å². The van der Waals surface area contributed by atoms with Crippen molar-refractivity contribution in [2.75, 3.05) is 12.4 Å². The molecule has 7 atom stereocenters. The first-order valence-corrected chi connectivity index (χ1v) is 27.1. The van der Waals surface area contributed by atoms with E-state index in [1.165, 1.54) is 0 Å². The van der Waals surface area contributed by atoms with Gasteiger partial charge in [-0.3, -0.25) is 9.79 Å². The smallest absolute Gasteiger partial charge is 0.161 e. The lowest BCUT2D eigenvalue weighted by Gasteiger charge is -2.45. The van der Waals surface area contributed by atoms with Crippen molar-refractivity contribution in [3.05, 3.63) is 123 Å². The fraction of sp³-hybridized carbons (Fsp3) is 0.500. The van der Waals surface area contributed by atoms with Gasteiger partial charge >= 0.3 is 0 Å². The second-order valence-corrected chi connectivity index (χ2v) is 22.6. The summed E-state index contributed by atoms with van der Waals surface area (Å²) in [4.78, 5) is 18.2. The minimum atomic E-state index is -0.797. The Hall–Kier alpha value is -4.48. The van der Waals surface area contributed by atoms with Gasteiger partial charge in [0.05, 0.1) is 37.1 Å². The van der Waals surface area contributed by atoms with E-state index in [0.717, 1.165) is 91.4 Å². The number of ketones is 1. The molecule has 0 amide bonds. The number of nitrogens with two attached hydrogens (primary N) is 2. The predicted octanol–water partition coefficient (Wildman–Crippen LogP) is 9.34. The second kappa shape index (κ2) is 22.1. The SMILES string of the molecule is CCCCCC(CC(C)O)CC1CCC23CSSCc4cc5c(cc4C(N)N)C#CCC4=NC=CC4=C([O-])CC5c4cc(ccc4O)CCOc4cc(ccc4O)CCC(=O)C=CC1(CC2O)C3. The highest BCUT2D eigenvalue weighted by atomic mass is 33.1. The van der Waals surface area contributed by atoms with Gasteiger partial charge in [-0.05, 0) is 145 Å². The molecule has 8 bridgehead atoms. The molecule has 3 aromatic carbocycles. The Kier molecular flexibility index (Phi) is 16.2. The Balaban J connectivity index is 1.17. The molecular weight excluding hydrogens is 891 g/mol. The van der Waals surface area contributed by atoms with E-state index >= 15 is 0 Å². The molecular formula is C56H68N3O7S2-. The molecule has 7 unspecified atom stereocenters. The molecule has 8 rings (SSSR count). The third kappa shape index (κ3) is 11.4. The van der Waals surface area contributed by atoms with E-state index in [9.17, 15) is 30.3 Å². The average molecular weight is 959 g/mol. The van der Waals surface area contributed by atoms with Crippen LogP contribution in [0.3, 0.4) is 0 Å². The zero-order valence-corrected chi connectivity index (χ0v) is 41.2. The highest BCUT2D eigenvalue weighted by Crippen LogP contribution is 2.64. The predicted molar refractivity (Wildman–Crippen MR) is 272 cm³/mol. The first-order valence-electron chi connectivity index (χ1n) is 24.7. The van der Waals surface area contributed by atoms with Gasteiger partial charge in [0.1, 0.15) is 5.75 Å². The second-order valence-electron chi connectivity index (χ2n) is 20.2. The van der Waals surface area contributed by atoms with E-state index in [4.69, 9.17) is 16.2 Å². The monoisotopic (exact) mass is 958 g/mol. The normalized spacial score (nSPS) is 26.1.